The molecule has 0 fully saturated rings. The molecule has 0 saturated heterocycles. The largest absolute Gasteiger partial charge is 0.497 e. The van der Waals surface area contributed by atoms with Gasteiger partial charge in [-0.2, -0.15) is 0 Å². The number of amides is 1. The van der Waals surface area contributed by atoms with Crippen molar-refractivity contribution in [3.63, 3.8) is 0 Å². The lowest BCUT2D eigenvalue weighted by atomic mass is 10.0. The number of rotatable bonds is 5. The van der Waals surface area contributed by atoms with Crippen molar-refractivity contribution in [1.29, 1.82) is 0 Å². The number of benzene rings is 1. The van der Waals surface area contributed by atoms with Gasteiger partial charge >= 0.3 is 0 Å². The molecule has 0 aliphatic rings. The van der Waals surface area contributed by atoms with Gasteiger partial charge in [-0.05, 0) is 24.1 Å². The Bertz CT molecular complexity index is 751. The van der Waals surface area contributed by atoms with Gasteiger partial charge in [0.1, 0.15) is 16.6 Å². The lowest BCUT2D eigenvalue weighted by Crippen LogP contribution is -2.29. The van der Waals surface area contributed by atoms with Crippen molar-refractivity contribution in [2.45, 2.75) is 19.4 Å². The second-order valence-electron chi connectivity index (χ2n) is 4.90. The number of nitrogens with one attached hydrogen (secondary N) is 1. The van der Waals surface area contributed by atoms with E-state index in [0.29, 0.717) is 6.42 Å². The van der Waals surface area contributed by atoms with Crippen molar-refractivity contribution in [2.75, 3.05) is 7.11 Å². The third-order valence-corrected chi connectivity index (χ3v) is 5.11. The number of carbonyl (C=O) groups is 1. The molecule has 1 atom stereocenters. The fraction of sp³-hybridized carbons (Fsp3) is 0.250. The Labute approximate surface area is 160 Å². The van der Waals surface area contributed by atoms with E-state index in [1.165, 1.54) is 0 Å². The highest BCUT2D eigenvalue weighted by Gasteiger charge is 2.22. The Hall–Kier alpha value is -1.20. The number of hydrogen-bond donors (Lipinski definition) is 1. The predicted octanol–water partition coefficient (Wildman–Crippen LogP) is 5.58. The monoisotopic (exact) mass is 406 g/mol. The third-order valence-electron chi connectivity index (χ3n) is 3.43. The van der Waals surface area contributed by atoms with Gasteiger partial charge in [-0.1, -0.05) is 65.5 Å². The minimum atomic E-state index is -0.483. The van der Waals surface area contributed by atoms with Crippen molar-refractivity contribution in [1.82, 2.24) is 10.3 Å². The smallest absolute Gasteiger partial charge is 0.272 e. The quantitative estimate of drug-likeness (QED) is 0.657. The molecule has 2 rings (SSSR count). The number of nitrogens with zero attached hydrogens (tertiary/aromatic N) is 1. The molecule has 1 unspecified atom stereocenters. The van der Waals surface area contributed by atoms with Crippen molar-refractivity contribution < 1.29 is 9.53 Å². The number of pyridine rings is 1. The summed E-state index contributed by atoms with van der Waals surface area (Å²) in [7, 11) is 1.59. The van der Waals surface area contributed by atoms with E-state index in [1.54, 1.807) is 7.11 Å². The van der Waals surface area contributed by atoms with Gasteiger partial charge in [0.2, 0.25) is 0 Å². The lowest BCUT2D eigenvalue weighted by Gasteiger charge is -2.18. The van der Waals surface area contributed by atoms with Crippen LogP contribution in [0.1, 0.15) is 35.4 Å². The Morgan fingerprint density at radius 1 is 1.12 bits per heavy atom. The van der Waals surface area contributed by atoms with Gasteiger partial charge in [-0.3, -0.25) is 4.79 Å². The minimum absolute atomic E-state index is 0.000907. The lowest BCUT2D eigenvalue weighted by molar-refractivity contribution is 0.0930. The van der Waals surface area contributed by atoms with E-state index in [4.69, 9.17) is 51.1 Å². The maximum atomic E-state index is 12.5. The fourth-order valence-corrected chi connectivity index (χ4v) is 2.94. The molecule has 8 heteroatoms. The molecule has 1 aromatic heterocycles. The highest BCUT2D eigenvalue weighted by Crippen LogP contribution is 2.36. The molecule has 0 saturated carbocycles. The van der Waals surface area contributed by atoms with Crippen LogP contribution in [-0.4, -0.2) is 18.0 Å². The van der Waals surface area contributed by atoms with E-state index in [-0.39, 0.29) is 32.0 Å². The van der Waals surface area contributed by atoms with Crippen LogP contribution < -0.4 is 10.1 Å². The van der Waals surface area contributed by atoms with Crippen LogP contribution in [0, 0.1) is 0 Å². The van der Waals surface area contributed by atoms with E-state index in [9.17, 15) is 4.79 Å². The topological polar surface area (TPSA) is 51.2 Å². The van der Waals surface area contributed by atoms with Gasteiger partial charge in [-0.25, -0.2) is 4.98 Å². The van der Waals surface area contributed by atoms with Gasteiger partial charge in [0.15, 0.2) is 0 Å². The third kappa shape index (κ3) is 4.06. The maximum absolute atomic E-state index is 12.5. The van der Waals surface area contributed by atoms with Crippen molar-refractivity contribution in [2.24, 2.45) is 0 Å². The fourth-order valence-electron chi connectivity index (χ4n) is 2.12. The Morgan fingerprint density at radius 3 is 2.29 bits per heavy atom. The Balaban J connectivity index is 2.26. The van der Waals surface area contributed by atoms with E-state index in [2.05, 4.69) is 10.3 Å². The summed E-state index contributed by atoms with van der Waals surface area (Å²) in [5.41, 5.74) is 0.858. The standard InChI is InChI=1S/C16H14Cl4N2O2/c1-3-10(8-4-6-9(24-2)7-5-8)21-16(23)14-12(18)11(17)13(19)15(20)22-14/h4-7,10H,3H2,1-2H3,(H,21,23). The molecule has 0 radical (unpaired) electrons. The number of carbonyl (C=O) groups excluding carboxylic acids is 1. The van der Waals surface area contributed by atoms with Gasteiger partial charge in [-0.15, -0.1) is 0 Å². The zero-order valence-electron chi connectivity index (χ0n) is 12.9. The molecule has 0 spiro atoms. The first-order chi connectivity index (χ1) is 11.4. The van der Waals surface area contributed by atoms with E-state index >= 15 is 0 Å². The van der Waals surface area contributed by atoms with Gasteiger partial charge in [0.05, 0.1) is 28.2 Å². The molecule has 24 heavy (non-hydrogen) atoms. The molecular formula is C16H14Cl4N2O2. The van der Waals surface area contributed by atoms with E-state index in [1.807, 2.05) is 31.2 Å². The summed E-state index contributed by atoms with van der Waals surface area (Å²) in [5, 5.41) is 2.77. The number of hydrogen-bond acceptors (Lipinski definition) is 3. The molecule has 4 nitrogen and oxygen atoms in total. The number of halogens is 4. The van der Waals surface area contributed by atoms with Crippen LogP contribution in [0.2, 0.25) is 20.2 Å². The highest BCUT2D eigenvalue weighted by molar-refractivity contribution is 6.52. The molecule has 128 valence electrons. The minimum Gasteiger partial charge on any atom is -0.497 e. The normalized spacial score (nSPS) is 11.9. The molecule has 0 aliphatic carbocycles. The molecule has 0 aliphatic heterocycles. The summed E-state index contributed by atoms with van der Waals surface area (Å²) in [6.07, 6.45) is 0.671. The summed E-state index contributed by atoms with van der Waals surface area (Å²) in [6, 6.07) is 7.18. The van der Waals surface area contributed by atoms with Crippen LogP contribution in [0.5, 0.6) is 5.75 Å². The van der Waals surface area contributed by atoms with Crippen molar-refractivity contribution in [3.8, 4) is 5.75 Å². The predicted molar refractivity (Wildman–Crippen MR) is 97.8 cm³/mol. The summed E-state index contributed by atoms with van der Waals surface area (Å²) >= 11 is 23.8. The first-order valence-electron chi connectivity index (χ1n) is 7.03. The zero-order valence-corrected chi connectivity index (χ0v) is 15.9. The number of aromatic nitrogens is 1. The summed E-state index contributed by atoms with van der Waals surface area (Å²) in [4.78, 5) is 16.4. The van der Waals surface area contributed by atoms with Crippen LogP contribution >= 0.6 is 46.4 Å². The second-order valence-corrected chi connectivity index (χ2v) is 6.39. The first-order valence-corrected chi connectivity index (χ1v) is 8.55. The Kier molecular flexibility index (Phi) is 6.58. The second kappa shape index (κ2) is 8.26. The zero-order chi connectivity index (χ0) is 17.9. The van der Waals surface area contributed by atoms with Gasteiger partial charge in [0.25, 0.3) is 5.91 Å². The van der Waals surface area contributed by atoms with E-state index in [0.717, 1.165) is 11.3 Å². The van der Waals surface area contributed by atoms with E-state index < -0.39 is 5.91 Å². The average Bonchev–Trinajstić information content (AvgIpc) is 2.60. The average molecular weight is 408 g/mol. The molecule has 1 heterocycles. The van der Waals surface area contributed by atoms with Crippen LogP contribution in [0.4, 0.5) is 0 Å². The number of ether oxygens (including phenoxy) is 1. The molecule has 1 N–H and O–H groups in total. The molecule has 1 amide bonds. The molecular weight excluding hydrogens is 394 g/mol. The van der Waals surface area contributed by atoms with Crippen molar-refractivity contribution in [3.05, 3.63) is 55.7 Å². The highest BCUT2D eigenvalue weighted by atomic mass is 35.5. The summed E-state index contributed by atoms with van der Waals surface area (Å²) < 4.78 is 5.13. The number of methoxy groups -OCH3 is 1. The van der Waals surface area contributed by atoms with Gasteiger partial charge < -0.3 is 10.1 Å². The van der Waals surface area contributed by atoms with Crippen LogP contribution in [0.25, 0.3) is 0 Å². The molecule has 0 bridgehead atoms. The summed E-state index contributed by atoms with van der Waals surface area (Å²) in [5.74, 6) is 0.254. The van der Waals surface area contributed by atoms with Crippen molar-refractivity contribution >= 4 is 52.3 Å². The SMILES string of the molecule is CCC(NC(=O)c1nc(Cl)c(Cl)c(Cl)c1Cl)c1ccc(OC)cc1. The summed E-state index contributed by atoms with van der Waals surface area (Å²) in [6.45, 7) is 1.95. The van der Waals surface area contributed by atoms with Crippen LogP contribution in [-0.2, 0) is 0 Å². The maximum Gasteiger partial charge on any atom is 0.272 e. The molecule has 1 aromatic carbocycles. The molecule has 2 aromatic rings. The first kappa shape index (κ1) is 19.1. The Morgan fingerprint density at radius 2 is 1.75 bits per heavy atom. The van der Waals surface area contributed by atoms with Gasteiger partial charge in [0, 0.05) is 0 Å². The van der Waals surface area contributed by atoms with Crippen LogP contribution in [0.15, 0.2) is 24.3 Å². The van der Waals surface area contributed by atoms with Crippen LogP contribution in [0.3, 0.4) is 0 Å².